The Morgan fingerprint density at radius 2 is 2.03 bits per heavy atom. The molecule has 0 aliphatic heterocycles. The van der Waals surface area contributed by atoms with Crippen molar-refractivity contribution < 1.29 is 24.2 Å². The molecule has 0 unspecified atom stereocenters. The second kappa shape index (κ2) is 8.70. The summed E-state index contributed by atoms with van der Waals surface area (Å²) in [6, 6.07) is 0. The van der Waals surface area contributed by atoms with Crippen molar-refractivity contribution in [2.24, 2.45) is 45.8 Å². The predicted molar refractivity (Wildman–Crippen MR) is 126 cm³/mol. The summed E-state index contributed by atoms with van der Waals surface area (Å²) in [6.07, 6.45) is 12.0. The molecule has 0 spiro atoms. The van der Waals surface area contributed by atoms with Crippen molar-refractivity contribution in [3.05, 3.63) is 24.3 Å². The van der Waals surface area contributed by atoms with Crippen molar-refractivity contribution in [1.29, 1.82) is 0 Å². The Hall–Kier alpha value is -1.91. The van der Waals surface area contributed by atoms with Crippen LogP contribution in [-0.4, -0.2) is 29.9 Å². The second-order valence-corrected chi connectivity index (χ2v) is 11.5. The van der Waals surface area contributed by atoms with Crippen LogP contribution in [-0.2, 0) is 19.1 Å². The van der Waals surface area contributed by atoms with Gasteiger partial charge in [-0.2, -0.15) is 0 Å². The van der Waals surface area contributed by atoms with E-state index in [9.17, 15) is 19.5 Å². The summed E-state index contributed by atoms with van der Waals surface area (Å²) in [7, 11) is 0. The number of allylic oxidation sites excluding steroid dienone is 2. The van der Waals surface area contributed by atoms with E-state index in [0.29, 0.717) is 31.1 Å². The van der Waals surface area contributed by atoms with Gasteiger partial charge in [0.05, 0.1) is 12.0 Å². The maximum absolute atomic E-state index is 13.3. The highest BCUT2D eigenvalue weighted by Gasteiger charge is 2.83. The van der Waals surface area contributed by atoms with Crippen molar-refractivity contribution in [2.75, 3.05) is 6.61 Å². The largest absolute Gasteiger partial charge is 0.481 e. The Morgan fingerprint density at radius 1 is 1.27 bits per heavy atom. The Balaban J connectivity index is 1.66. The summed E-state index contributed by atoms with van der Waals surface area (Å²) in [6.45, 7) is 10.3. The minimum atomic E-state index is -1.18. The first-order valence-electron chi connectivity index (χ1n) is 12.9. The van der Waals surface area contributed by atoms with Gasteiger partial charge in [-0.3, -0.25) is 9.59 Å². The molecule has 0 saturated heterocycles. The number of hydrogen-bond acceptors (Lipinski definition) is 4. The lowest BCUT2D eigenvalue weighted by Crippen LogP contribution is -2.62. The number of esters is 1. The molecule has 4 aliphatic rings. The molecule has 33 heavy (non-hydrogen) atoms. The first kappa shape index (κ1) is 24.2. The number of carbonyl (C=O) groups is 3. The third kappa shape index (κ3) is 3.13. The smallest absolute Gasteiger partial charge is 0.315 e. The van der Waals surface area contributed by atoms with Crippen molar-refractivity contribution in [1.82, 2.24) is 0 Å². The van der Waals surface area contributed by atoms with Gasteiger partial charge in [-0.05, 0) is 74.5 Å². The van der Waals surface area contributed by atoms with Crippen LogP contribution in [0.25, 0.3) is 0 Å². The molecule has 1 N–H and O–H groups in total. The highest BCUT2D eigenvalue weighted by atomic mass is 16.5. The molecule has 0 aromatic rings. The van der Waals surface area contributed by atoms with E-state index in [-0.39, 0.29) is 30.3 Å². The fourth-order valence-corrected chi connectivity index (χ4v) is 8.81. The third-order valence-corrected chi connectivity index (χ3v) is 9.97. The molecule has 4 rings (SSSR count). The normalized spacial score (nSPS) is 40.4. The maximum atomic E-state index is 13.3. The third-order valence-electron chi connectivity index (χ3n) is 9.97. The molecule has 7 atom stereocenters. The van der Waals surface area contributed by atoms with E-state index in [0.717, 1.165) is 50.4 Å². The zero-order valence-electron chi connectivity index (χ0n) is 20.5. The molecule has 0 heterocycles. The number of carboxylic acid groups (broad SMARTS) is 1. The number of carboxylic acids is 1. The summed E-state index contributed by atoms with van der Waals surface area (Å²) in [5.41, 5.74) is -1.64. The van der Waals surface area contributed by atoms with Gasteiger partial charge < -0.3 is 14.6 Å². The first-order chi connectivity index (χ1) is 15.7. The van der Waals surface area contributed by atoms with Crippen molar-refractivity contribution in [2.45, 2.75) is 78.6 Å². The second-order valence-electron chi connectivity index (χ2n) is 11.5. The van der Waals surface area contributed by atoms with E-state index >= 15 is 0 Å². The van der Waals surface area contributed by atoms with E-state index in [1.54, 1.807) is 0 Å². The number of carbonyl (C=O) groups excluding carboxylic acids is 2. The highest BCUT2D eigenvalue weighted by Crippen LogP contribution is 2.83. The SMILES string of the molecule is C=CCCCCC(=O)OCC[C@@]12C[C@@H]3[C@H](C)CC[C@H]3[C@@]3(C=O)C[C@@H]1C=C(C(C)C)[C@@]23C(=O)O. The molecule has 3 fully saturated rings. The average Bonchev–Trinajstić information content (AvgIpc) is 3.34. The van der Waals surface area contributed by atoms with Crippen LogP contribution < -0.4 is 0 Å². The molecule has 5 heteroatoms. The van der Waals surface area contributed by atoms with E-state index in [1.165, 1.54) is 0 Å². The van der Waals surface area contributed by atoms with Gasteiger partial charge >= 0.3 is 11.9 Å². The van der Waals surface area contributed by atoms with Crippen molar-refractivity contribution in [3.63, 3.8) is 0 Å². The van der Waals surface area contributed by atoms with Gasteiger partial charge in [0.1, 0.15) is 11.7 Å². The summed E-state index contributed by atoms with van der Waals surface area (Å²) < 4.78 is 5.65. The number of unbranched alkanes of at least 4 members (excludes halogenated alkanes) is 2. The first-order valence-corrected chi connectivity index (χ1v) is 12.9. The lowest BCUT2D eigenvalue weighted by Gasteiger charge is -2.58. The summed E-state index contributed by atoms with van der Waals surface area (Å²) in [4.78, 5) is 38.6. The molecule has 0 aromatic carbocycles. The number of rotatable bonds is 11. The van der Waals surface area contributed by atoms with Crippen LogP contribution in [0.4, 0.5) is 0 Å². The quantitative estimate of drug-likeness (QED) is 0.190. The molecular weight excluding hydrogens is 416 g/mol. The van der Waals surface area contributed by atoms with Crippen LogP contribution >= 0.6 is 0 Å². The average molecular weight is 457 g/mol. The van der Waals surface area contributed by atoms with E-state index in [4.69, 9.17) is 4.74 Å². The molecule has 4 bridgehead atoms. The number of ether oxygens (including phenoxy) is 1. The lowest BCUT2D eigenvalue weighted by molar-refractivity contribution is -0.182. The van der Waals surface area contributed by atoms with E-state index < -0.39 is 22.2 Å². The van der Waals surface area contributed by atoms with Gasteiger partial charge in [-0.1, -0.05) is 44.9 Å². The maximum Gasteiger partial charge on any atom is 0.315 e. The van der Waals surface area contributed by atoms with Crippen LogP contribution in [0.15, 0.2) is 24.3 Å². The molecule has 0 aromatic heterocycles. The summed E-state index contributed by atoms with van der Waals surface area (Å²) in [5, 5.41) is 10.9. The standard InChI is InChI=1S/C28H40O5/c1-5-6-7-8-9-24(30)33-13-12-26-16-21-19(4)10-11-22(21)27(17-29)15-20(26)14-23(18(2)3)28(26,27)25(31)32/h5,14,17-22H,1,6-13,15-16H2,2-4H3,(H,31,32)/t19-,20+,21-,22-,26-,27+,28-/m1/s1. The van der Waals surface area contributed by atoms with E-state index in [1.807, 2.05) is 6.08 Å². The van der Waals surface area contributed by atoms with Gasteiger partial charge in [0.15, 0.2) is 0 Å². The molecule has 5 nitrogen and oxygen atoms in total. The minimum absolute atomic E-state index is 0.0558. The zero-order valence-corrected chi connectivity index (χ0v) is 20.5. The van der Waals surface area contributed by atoms with Gasteiger partial charge in [0.2, 0.25) is 0 Å². The van der Waals surface area contributed by atoms with Gasteiger partial charge in [-0.25, -0.2) is 0 Å². The lowest BCUT2D eigenvalue weighted by atomic mass is 9.42. The topological polar surface area (TPSA) is 80.7 Å². The Labute approximate surface area is 198 Å². The van der Waals surface area contributed by atoms with Crippen LogP contribution in [0.3, 0.4) is 0 Å². The molecular formula is C28H40O5. The Bertz CT molecular complexity index is 858. The highest BCUT2D eigenvalue weighted by molar-refractivity contribution is 5.90. The molecule has 0 amide bonds. The van der Waals surface area contributed by atoms with Crippen LogP contribution in [0.2, 0.25) is 0 Å². The molecule has 0 radical (unpaired) electrons. The minimum Gasteiger partial charge on any atom is -0.481 e. The van der Waals surface area contributed by atoms with Crippen molar-refractivity contribution >= 4 is 18.2 Å². The van der Waals surface area contributed by atoms with E-state index in [2.05, 4.69) is 33.4 Å². The number of fused-ring (bicyclic) bond motifs is 2. The van der Waals surface area contributed by atoms with Gasteiger partial charge in [-0.15, -0.1) is 6.58 Å². The van der Waals surface area contributed by atoms with Crippen LogP contribution in [0.1, 0.15) is 78.6 Å². The monoisotopic (exact) mass is 456 g/mol. The van der Waals surface area contributed by atoms with Crippen LogP contribution in [0, 0.1) is 45.8 Å². The number of aliphatic carboxylic acids is 1. The Morgan fingerprint density at radius 3 is 2.67 bits per heavy atom. The summed E-state index contributed by atoms with van der Waals surface area (Å²) in [5.74, 6) is 0.0480. The zero-order chi connectivity index (χ0) is 24.0. The van der Waals surface area contributed by atoms with Gasteiger partial charge in [0, 0.05) is 11.8 Å². The van der Waals surface area contributed by atoms with Crippen molar-refractivity contribution in [3.8, 4) is 0 Å². The molecule has 182 valence electrons. The predicted octanol–water partition coefficient (Wildman–Crippen LogP) is 5.59. The summed E-state index contributed by atoms with van der Waals surface area (Å²) >= 11 is 0. The Kier molecular flexibility index (Phi) is 6.39. The fraction of sp³-hybridized carbons (Fsp3) is 0.750. The van der Waals surface area contributed by atoms with Crippen LogP contribution in [0.5, 0.6) is 0 Å². The molecule has 3 saturated carbocycles. The van der Waals surface area contributed by atoms with Gasteiger partial charge in [0.25, 0.3) is 0 Å². The fourth-order valence-electron chi connectivity index (χ4n) is 8.81. The number of hydrogen-bond donors (Lipinski definition) is 1. The number of aldehydes is 1. The molecule has 4 aliphatic carbocycles.